The van der Waals surface area contributed by atoms with Gasteiger partial charge in [0.25, 0.3) is 0 Å². The zero-order chi connectivity index (χ0) is 19.8. The Morgan fingerprint density at radius 3 is 2.72 bits per heavy atom. The second-order valence-electron chi connectivity index (χ2n) is 7.21. The van der Waals surface area contributed by atoms with Gasteiger partial charge < -0.3 is 25.6 Å². The van der Waals surface area contributed by atoms with Gasteiger partial charge in [-0.1, -0.05) is 0 Å². The first-order valence-electron chi connectivity index (χ1n) is 9.70. The molecule has 0 aliphatic carbocycles. The van der Waals surface area contributed by atoms with Gasteiger partial charge in [0.15, 0.2) is 5.82 Å². The Morgan fingerprint density at radius 1 is 1.10 bits per heavy atom. The van der Waals surface area contributed by atoms with Gasteiger partial charge in [-0.25, -0.2) is 15.0 Å². The quantitative estimate of drug-likeness (QED) is 0.706. The molecule has 3 N–H and O–H groups in total. The first kappa shape index (κ1) is 17.7. The van der Waals surface area contributed by atoms with Crippen LogP contribution < -0.4 is 20.9 Å². The van der Waals surface area contributed by atoms with E-state index in [-0.39, 0.29) is 6.17 Å². The average Bonchev–Trinajstić information content (AvgIpc) is 3.10. The lowest BCUT2D eigenvalue weighted by Crippen LogP contribution is -2.36. The monoisotopic (exact) mass is 389 g/mol. The summed E-state index contributed by atoms with van der Waals surface area (Å²) in [5.41, 5.74) is 9.86. The van der Waals surface area contributed by atoms with Crippen LogP contribution in [0.15, 0.2) is 48.8 Å². The zero-order valence-corrected chi connectivity index (χ0v) is 16.2. The van der Waals surface area contributed by atoms with Crippen molar-refractivity contribution in [2.75, 3.05) is 54.2 Å². The van der Waals surface area contributed by atoms with Gasteiger partial charge in [0.1, 0.15) is 17.8 Å². The van der Waals surface area contributed by atoms with Crippen LogP contribution in [0.3, 0.4) is 0 Å². The molecule has 1 unspecified atom stereocenters. The fourth-order valence-corrected chi connectivity index (χ4v) is 3.82. The molecule has 2 aliphatic rings. The van der Waals surface area contributed by atoms with Crippen molar-refractivity contribution in [1.29, 1.82) is 0 Å². The summed E-state index contributed by atoms with van der Waals surface area (Å²) in [6, 6.07) is 12.1. The molecule has 8 heteroatoms. The second-order valence-corrected chi connectivity index (χ2v) is 7.21. The van der Waals surface area contributed by atoms with E-state index in [9.17, 15) is 0 Å². The first-order chi connectivity index (χ1) is 14.2. The number of fused-ring (bicyclic) bond motifs is 1. The smallest absolute Gasteiger partial charge is 0.154 e. The molecule has 0 bridgehead atoms. The molecular weight excluding hydrogens is 366 g/mol. The topological polar surface area (TPSA) is 92.4 Å². The molecule has 0 amide bonds. The number of hydrogen-bond acceptors (Lipinski definition) is 8. The number of anilines is 4. The van der Waals surface area contributed by atoms with Crippen LogP contribution in [0.25, 0.3) is 11.3 Å². The predicted octanol–water partition coefficient (Wildman–Crippen LogP) is 2.52. The van der Waals surface area contributed by atoms with Gasteiger partial charge in [0, 0.05) is 43.7 Å². The Bertz CT molecular complexity index is 1020. The highest BCUT2D eigenvalue weighted by Gasteiger charge is 2.30. The van der Waals surface area contributed by atoms with E-state index in [0.29, 0.717) is 5.82 Å². The molecule has 148 valence electrons. The van der Waals surface area contributed by atoms with Gasteiger partial charge in [0.2, 0.25) is 0 Å². The molecule has 8 nitrogen and oxygen atoms in total. The summed E-state index contributed by atoms with van der Waals surface area (Å²) in [6.45, 7) is 3.24. The van der Waals surface area contributed by atoms with Crippen LogP contribution in [0.1, 0.15) is 11.7 Å². The number of pyridine rings is 3. The minimum absolute atomic E-state index is 0.0942. The molecule has 0 spiro atoms. The molecule has 0 saturated carbocycles. The van der Waals surface area contributed by atoms with Crippen LogP contribution in [-0.4, -0.2) is 48.3 Å². The van der Waals surface area contributed by atoms with Gasteiger partial charge >= 0.3 is 0 Å². The maximum Gasteiger partial charge on any atom is 0.154 e. The minimum Gasteiger partial charge on any atom is -0.383 e. The van der Waals surface area contributed by atoms with Crippen molar-refractivity contribution in [1.82, 2.24) is 15.0 Å². The van der Waals surface area contributed by atoms with Gasteiger partial charge in [-0.2, -0.15) is 0 Å². The Balaban J connectivity index is 1.40. The van der Waals surface area contributed by atoms with E-state index in [1.165, 1.54) is 0 Å². The van der Waals surface area contributed by atoms with Crippen LogP contribution in [0.2, 0.25) is 0 Å². The molecule has 3 aromatic rings. The maximum atomic E-state index is 6.08. The number of morpholine rings is 1. The van der Waals surface area contributed by atoms with E-state index in [4.69, 9.17) is 15.5 Å². The molecule has 2 aliphatic heterocycles. The summed E-state index contributed by atoms with van der Waals surface area (Å²) in [4.78, 5) is 18.1. The Labute approximate surface area is 169 Å². The van der Waals surface area contributed by atoms with E-state index >= 15 is 0 Å². The summed E-state index contributed by atoms with van der Waals surface area (Å²) in [5, 5.41) is 3.48. The van der Waals surface area contributed by atoms with Crippen LogP contribution in [0.5, 0.6) is 0 Å². The normalized spacial score (nSPS) is 18.4. The molecule has 0 radical (unpaired) electrons. The average molecular weight is 389 g/mol. The summed E-state index contributed by atoms with van der Waals surface area (Å²) in [5.74, 6) is 2.38. The highest BCUT2D eigenvalue weighted by molar-refractivity contribution is 5.77. The second kappa shape index (κ2) is 7.21. The molecule has 1 saturated heterocycles. The number of ether oxygens (including phenoxy) is 1. The van der Waals surface area contributed by atoms with Crippen LogP contribution >= 0.6 is 0 Å². The lowest BCUT2D eigenvalue weighted by molar-refractivity contribution is 0.122. The van der Waals surface area contributed by atoms with Crippen molar-refractivity contribution in [3.8, 4) is 11.3 Å². The fourth-order valence-electron chi connectivity index (χ4n) is 3.82. The van der Waals surface area contributed by atoms with Gasteiger partial charge in [0.05, 0.1) is 24.6 Å². The number of nitrogens with two attached hydrogens (primary N) is 1. The lowest BCUT2D eigenvalue weighted by atomic mass is 10.2. The molecule has 5 heterocycles. The van der Waals surface area contributed by atoms with Gasteiger partial charge in [-0.05, 0) is 36.4 Å². The summed E-state index contributed by atoms with van der Waals surface area (Å²) in [7, 11) is 2.01. The molecular formula is C21H23N7O. The minimum atomic E-state index is -0.0942. The van der Waals surface area contributed by atoms with Crippen LogP contribution in [-0.2, 0) is 4.74 Å². The van der Waals surface area contributed by atoms with Gasteiger partial charge in [-0.15, -0.1) is 0 Å². The Morgan fingerprint density at radius 2 is 1.97 bits per heavy atom. The molecule has 1 fully saturated rings. The third-order valence-electron chi connectivity index (χ3n) is 5.43. The number of nitrogens with one attached hydrogen (secondary N) is 1. The van der Waals surface area contributed by atoms with Crippen molar-refractivity contribution >= 4 is 23.1 Å². The molecule has 0 aromatic carbocycles. The van der Waals surface area contributed by atoms with Crippen LogP contribution in [0, 0.1) is 0 Å². The predicted molar refractivity (Wildman–Crippen MR) is 114 cm³/mol. The zero-order valence-electron chi connectivity index (χ0n) is 16.2. The van der Waals surface area contributed by atoms with Gasteiger partial charge in [-0.3, -0.25) is 0 Å². The van der Waals surface area contributed by atoms with E-state index < -0.39 is 0 Å². The highest BCUT2D eigenvalue weighted by Crippen LogP contribution is 2.40. The van der Waals surface area contributed by atoms with E-state index in [1.54, 1.807) is 6.20 Å². The number of aromatic nitrogens is 3. The van der Waals surface area contributed by atoms with E-state index in [1.807, 2.05) is 31.4 Å². The van der Waals surface area contributed by atoms with Crippen molar-refractivity contribution in [2.24, 2.45) is 0 Å². The van der Waals surface area contributed by atoms with E-state index in [2.05, 4.69) is 43.3 Å². The largest absolute Gasteiger partial charge is 0.383 e. The number of nitrogens with zero attached hydrogens (tertiary/aromatic N) is 5. The fraction of sp³-hybridized carbons (Fsp3) is 0.286. The van der Waals surface area contributed by atoms with E-state index in [0.717, 1.165) is 60.4 Å². The number of rotatable bonds is 3. The lowest BCUT2D eigenvalue weighted by Gasteiger charge is -2.27. The standard InChI is InChI=1S/C21H23N7O/c1-27-20(15-3-2-8-23-19(15)22)26-17-6-5-16(25-21(17)27)14-4-7-18(24-13-14)28-9-11-29-12-10-28/h2-8,13,20,26H,9-12H2,1H3,(H2,22,23). The van der Waals surface area contributed by atoms with Crippen molar-refractivity contribution in [3.05, 3.63) is 54.4 Å². The molecule has 29 heavy (non-hydrogen) atoms. The first-order valence-corrected chi connectivity index (χ1v) is 9.70. The number of hydrogen-bond donors (Lipinski definition) is 2. The Hall–Kier alpha value is -3.39. The van der Waals surface area contributed by atoms with Crippen molar-refractivity contribution in [3.63, 3.8) is 0 Å². The van der Waals surface area contributed by atoms with Crippen molar-refractivity contribution < 1.29 is 4.74 Å². The van der Waals surface area contributed by atoms with Crippen LogP contribution in [0.4, 0.5) is 23.1 Å². The van der Waals surface area contributed by atoms with Crippen molar-refractivity contribution in [2.45, 2.75) is 6.17 Å². The molecule has 3 aromatic heterocycles. The summed E-state index contributed by atoms with van der Waals surface area (Å²) < 4.78 is 5.41. The Kier molecular flexibility index (Phi) is 4.40. The SMILES string of the molecule is CN1c2nc(-c3ccc(N4CCOCC4)nc3)ccc2NC1c1cccnc1N. The third kappa shape index (κ3) is 3.21. The molecule has 5 rings (SSSR count). The number of nitrogen functional groups attached to an aromatic ring is 1. The summed E-state index contributed by atoms with van der Waals surface area (Å²) in [6.07, 6.45) is 3.49. The highest BCUT2D eigenvalue weighted by atomic mass is 16.5. The molecule has 1 atom stereocenters. The summed E-state index contributed by atoms with van der Waals surface area (Å²) >= 11 is 0. The maximum absolute atomic E-state index is 6.08. The third-order valence-corrected chi connectivity index (χ3v) is 5.43.